The summed E-state index contributed by atoms with van der Waals surface area (Å²) in [5.74, 6) is -0.481. The topological polar surface area (TPSA) is 117 Å². The number of sulfonamides is 1. The predicted molar refractivity (Wildman–Crippen MR) is 125 cm³/mol. The van der Waals surface area contributed by atoms with Crippen LogP contribution in [0, 0.1) is 0 Å². The van der Waals surface area contributed by atoms with Gasteiger partial charge in [0.15, 0.2) is 5.01 Å². The van der Waals surface area contributed by atoms with Gasteiger partial charge in [0.1, 0.15) is 0 Å². The molecule has 0 bridgehead atoms. The molecule has 0 aliphatic heterocycles. The van der Waals surface area contributed by atoms with E-state index in [2.05, 4.69) is 25.0 Å². The number of benzene rings is 1. The highest BCUT2D eigenvalue weighted by molar-refractivity contribution is 7.93. The Morgan fingerprint density at radius 1 is 1.17 bits per heavy atom. The van der Waals surface area contributed by atoms with Crippen LogP contribution in [0.1, 0.15) is 33.9 Å². The third-order valence-electron chi connectivity index (χ3n) is 5.44. The Hall–Kier alpha value is -3.45. The molecule has 8 nitrogen and oxygen atoms in total. The van der Waals surface area contributed by atoms with Gasteiger partial charge in [-0.3, -0.25) is 14.5 Å². The van der Waals surface area contributed by atoms with E-state index in [1.54, 1.807) is 12.1 Å². The van der Waals surface area contributed by atoms with E-state index in [1.165, 1.54) is 30.6 Å². The molecule has 3 aromatic heterocycles. The van der Waals surface area contributed by atoms with Gasteiger partial charge in [0, 0.05) is 29.5 Å². The average Bonchev–Trinajstić information content (AvgIpc) is 3.40. The molecule has 1 aliphatic carbocycles. The molecular formula is C22H18F3N5O3S2. The van der Waals surface area contributed by atoms with E-state index in [0.717, 1.165) is 17.5 Å². The number of amides is 1. The molecule has 3 heterocycles. The number of pyridine rings is 1. The summed E-state index contributed by atoms with van der Waals surface area (Å²) in [6, 6.07) is 7.70. The lowest BCUT2D eigenvalue weighted by Crippen LogP contribution is -2.23. The van der Waals surface area contributed by atoms with Crippen molar-refractivity contribution >= 4 is 43.9 Å². The highest BCUT2D eigenvalue weighted by Crippen LogP contribution is 2.37. The van der Waals surface area contributed by atoms with Gasteiger partial charge >= 0.3 is 6.18 Å². The van der Waals surface area contributed by atoms with Crippen LogP contribution < -0.4 is 10.0 Å². The molecule has 1 fully saturated rings. The summed E-state index contributed by atoms with van der Waals surface area (Å²) < 4.78 is 66.5. The lowest BCUT2D eigenvalue weighted by Gasteiger charge is -2.08. The average molecular weight is 522 g/mol. The van der Waals surface area contributed by atoms with E-state index < -0.39 is 27.7 Å². The number of carbonyl (C=O) groups excluding carboxylic acids is 1. The normalized spacial score (nSPS) is 14.3. The lowest BCUT2D eigenvalue weighted by atomic mass is 10.1. The van der Waals surface area contributed by atoms with Gasteiger partial charge in [0.05, 0.1) is 33.6 Å². The maximum absolute atomic E-state index is 13.2. The smallest absolute Gasteiger partial charge is 0.361 e. The number of thiazole rings is 1. The number of fused-ring (bicyclic) bond motifs is 1. The van der Waals surface area contributed by atoms with E-state index in [0.29, 0.717) is 40.2 Å². The van der Waals surface area contributed by atoms with E-state index in [-0.39, 0.29) is 22.2 Å². The highest BCUT2D eigenvalue weighted by atomic mass is 32.2. The quantitative estimate of drug-likeness (QED) is 0.330. The van der Waals surface area contributed by atoms with Crippen molar-refractivity contribution in [1.82, 2.24) is 20.3 Å². The fourth-order valence-electron chi connectivity index (χ4n) is 3.53. The highest BCUT2D eigenvalue weighted by Gasteiger charge is 2.36. The summed E-state index contributed by atoms with van der Waals surface area (Å²) in [4.78, 5) is 24.0. The summed E-state index contributed by atoms with van der Waals surface area (Å²) in [5, 5.41) is 2.48. The zero-order valence-electron chi connectivity index (χ0n) is 17.9. The first-order valence-electron chi connectivity index (χ1n) is 10.5. The van der Waals surface area contributed by atoms with Crippen molar-refractivity contribution in [3.05, 3.63) is 65.2 Å². The van der Waals surface area contributed by atoms with Gasteiger partial charge < -0.3 is 10.3 Å². The third kappa shape index (κ3) is 5.00. The van der Waals surface area contributed by atoms with Crippen LogP contribution in [0.2, 0.25) is 0 Å². The summed E-state index contributed by atoms with van der Waals surface area (Å²) in [5.41, 5.74) is 0.926. The molecule has 3 N–H and O–H groups in total. The van der Waals surface area contributed by atoms with Crippen LogP contribution in [0.4, 0.5) is 18.9 Å². The number of carbonyl (C=O) groups is 1. The number of hydrogen-bond donors (Lipinski definition) is 3. The second-order valence-corrected chi connectivity index (χ2v) is 11.0. The zero-order chi connectivity index (χ0) is 24.8. The maximum Gasteiger partial charge on any atom is 0.418 e. The van der Waals surface area contributed by atoms with Crippen molar-refractivity contribution in [2.24, 2.45) is 0 Å². The van der Waals surface area contributed by atoms with Gasteiger partial charge in [-0.05, 0) is 42.7 Å². The van der Waals surface area contributed by atoms with Crippen molar-refractivity contribution < 1.29 is 26.4 Å². The monoisotopic (exact) mass is 521 g/mol. The maximum atomic E-state index is 13.2. The Morgan fingerprint density at radius 2 is 1.97 bits per heavy atom. The number of H-pyrrole nitrogens is 1. The molecule has 0 saturated heterocycles. The molecule has 1 saturated carbocycles. The van der Waals surface area contributed by atoms with Gasteiger partial charge in [0.2, 0.25) is 10.0 Å². The van der Waals surface area contributed by atoms with Crippen molar-refractivity contribution in [1.29, 1.82) is 0 Å². The Labute approximate surface area is 201 Å². The first-order valence-corrected chi connectivity index (χ1v) is 12.9. The number of hydrogen-bond acceptors (Lipinski definition) is 6. The van der Waals surface area contributed by atoms with Crippen molar-refractivity contribution in [2.45, 2.75) is 30.8 Å². The largest absolute Gasteiger partial charge is 0.418 e. The Balaban J connectivity index is 1.27. The summed E-state index contributed by atoms with van der Waals surface area (Å²) in [7, 11) is -3.41. The van der Waals surface area contributed by atoms with Gasteiger partial charge in [-0.1, -0.05) is 6.07 Å². The second kappa shape index (κ2) is 8.64. The minimum Gasteiger partial charge on any atom is -0.361 e. The molecule has 0 radical (unpaired) electrons. The number of aromatic nitrogens is 3. The standard InChI is InChI=1S/C22H18F3N5O3S2/c23-22(24,25)17-10-27-18-4-1-12(7-16(17)18)19-11-29-21(34-19)20(31)28-9-14-8-13(5-6-26-14)30-35(32,33)15-2-3-15/h1,4-8,10-11,15,27H,2-3,9H2,(H,26,30)(H,28,31). The fourth-order valence-corrected chi connectivity index (χ4v) is 5.74. The van der Waals surface area contributed by atoms with Crippen LogP contribution in [0.5, 0.6) is 0 Å². The van der Waals surface area contributed by atoms with Crippen molar-refractivity contribution in [3.8, 4) is 10.4 Å². The van der Waals surface area contributed by atoms with Gasteiger partial charge in [0.25, 0.3) is 5.91 Å². The third-order valence-corrected chi connectivity index (χ3v) is 8.36. The minimum atomic E-state index is -4.49. The zero-order valence-corrected chi connectivity index (χ0v) is 19.5. The number of alkyl halides is 3. The number of halogens is 3. The summed E-state index contributed by atoms with van der Waals surface area (Å²) in [6.07, 6.45) is 0.605. The van der Waals surface area contributed by atoms with Gasteiger partial charge in [-0.25, -0.2) is 13.4 Å². The Morgan fingerprint density at radius 3 is 2.71 bits per heavy atom. The molecule has 0 atom stereocenters. The molecule has 5 rings (SSSR count). The molecule has 4 aromatic rings. The number of nitrogens with one attached hydrogen (secondary N) is 3. The van der Waals surface area contributed by atoms with Crippen LogP contribution >= 0.6 is 11.3 Å². The number of aromatic amines is 1. The number of rotatable bonds is 7. The minimum absolute atomic E-state index is 0.0387. The van der Waals surface area contributed by atoms with Crippen LogP contribution in [-0.4, -0.2) is 34.5 Å². The molecule has 182 valence electrons. The lowest BCUT2D eigenvalue weighted by molar-refractivity contribution is -0.136. The van der Waals surface area contributed by atoms with Gasteiger partial charge in [-0.15, -0.1) is 11.3 Å². The van der Waals surface area contributed by atoms with Crippen molar-refractivity contribution in [3.63, 3.8) is 0 Å². The van der Waals surface area contributed by atoms with E-state index in [9.17, 15) is 26.4 Å². The van der Waals surface area contributed by atoms with Crippen molar-refractivity contribution in [2.75, 3.05) is 4.72 Å². The SMILES string of the molecule is O=C(NCc1cc(NS(=O)(=O)C2CC2)ccn1)c1ncc(-c2ccc3[nH]cc(C(F)(F)F)c3c2)s1. The van der Waals surface area contributed by atoms with Crippen LogP contribution in [0.25, 0.3) is 21.3 Å². The number of nitrogens with zero attached hydrogens (tertiary/aromatic N) is 2. The molecule has 1 aromatic carbocycles. The molecule has 0 unspecified atom stereocenters. The predicted octanol–water partition coefficient (Wildman–Crippen LogP) is 4.54. The molecule has 1 aliphatic rings. The van der Waals surface area contributed by atoms with Crippen LogP contribution in [0.15, 0.2) is 48.9 Å². The van der Waals surface area contributed by atoms with E-state index in [1.807, 2.05) is 0 Å². The van der Waals surface area contributed by atoms with Gasteiger partial charge in [-0.2, -0.15) is 13.2 Å². The fraction of sp³-hybridized carbons (Fsp3) is 0.227. The Bertz CT molecular complexity index is 1520. The molecule has 0 spiro atoms. The van der Waals surface area contributed by atoms with E-state index in [4.69, 9.17) is 0 Å². The first kappa shape index (κ1) is 23.3. The molecule has 35 heavy (non-hydrogen) atoms. The second-order valence-electron chi connectivity index (χ2n) is 8.06. The molecule has 13 heteroatoms. The number of anilines is 1. The van der Waals surface area contributed by atoms with E-state index >= 15 is 0 Å². The van der Waals surface area contributed by atoms with Crippen LogP contribution in [-0.2, 0) is 22.7 Å². The molecular weight excluding hydrogens is 503 g/mol. The molecule has 1 amide bonds. The summed E-state index contributed by atoms with van der Waals surface area (Å²) >= 11 is 1.05. The van der Waals surface area contributed by atoms with Crippen LogP contribution in [0.3, 0.4) is 0 Å². The summed E-state index contributed by atoms with van der Waals surface area (Å²) in [6.45, 7) is 0.0387. The first-order chi connectivity index (χ1) is 16.6. The Kier molecular flexibility index (Phi) is 5.75.